The monoisotopic (exact) mass is 354 g/mol. The molecule has 0 aliphatic heterocycles. The third-order valence-electron chi connectivity index (χ3n) is 4.21. The van der Waals surface area contributed by atoms with E-state index in [9.17, 15) is 0 Å². The Morgan fingerprint density at radius 2 is 1.25 bits per heavy atom. The van der Waals surface area contributed by atoms with Crippen molar-refractivity contribution in [1.29, 1.82) is 0 Å². The van der Waals surface area contributed by atoms with E-state index in [0.717, 1.165) is 6.04 Å². The topological polar surface area (TPSA) is 9.23 Å². The molecule has 0 bridgehead atoms. The van der Waals surface area contributed by atoms with E-state index in [1.807, 2.05) is 0 Å². The number of hydrogen-bond donors (Lipinski definition) is 0. The van der Waals surface area contributed by atoms with Gasteiger partial charge in [-0.2, -0.15) is 0 Å². The summed E-state index contributed by atoms with van der Waals surface area (Å²) in [6, 6.07) is 22.5. The van der Waals surface area contributed by atoms with Crippen molar-refractivity contribution in [1.82, 2.24) is 0 Å². The van der Waals surface area contributed by atoms with Crippen molar-refractivity contribution >= 4 is 16.6 Å². The Labute approximate surface area is 149 Å². The Balaban J connectivity index is 2.53. The van der Waals surface area contributed by atoms with Crippen molar-refractivity contribution in [3.8, 4) is 0 Å². The molecule has 0 unspecified atom stereocenters. The van der Waals surface area contributed by atoms with Crippen LogP contribution in [-0.4, -0.2) is 16.6 Å². The van der Waals surface area contributed by atoms with Crippen LogP contribution in [-0.2, 0) is 9.53 Å². The molecule has 0 saturated carbocycles. The molecular formula is C21H30OSi2. The van der Waals surface area contributed by atoms with Crippen LogP contribution in [0.25, 0.3) is 0 Å². The Hall–Kier alpha value is -1.43. The highest BCUT2D eigenvalue weighted by Crippen LogP contribution is 2.41. The van der Waals surface area contributed by atoms with Crippen molar-refractivity contribution < 1.29 is 4.12 Å². The van der Waals surface area contributed by atoms with E-state index in [0.29, 0.717) is 0 Å². The highest BCUT2D eigenvalue weighted by atomic mass is 28.4. The first kappa shape index (κ1) is 18.9. The first-order valence-electron chi connectivity index (χ1n) is 8.63. The average Bonchev–Trinajstić information content (AvgIpc) is 2.52. The van der Waals surface area contributed by atoms with Crippen molar-refractivity contribution in [3.63, 3.8) is 0 Å². The van der Waals surface area contributed by atoms with Crippen molar-refractivity contribution in [2.24, 2.45) is 0 Å². The van der Waals surface area contributed by atoms with Gasteiger partial charge in [-0.25, -0.2) is 0 Å². The molecule has 0 heterocycles. The summed E-state index contributed by atoms with van der Waals surface area (Å²) in [5.74, 6) is 0. The minimum Gasteiger partial charge on any atom is -0.456 e. The molecule has 2 aromatic rings. The maximum absolute atomic E-state index is 6.66. The summed E-state index contributed by atoms with van der Waals surface area (Å²) in [4.78, 5) is 0. The zero-order valence-electron chi connectivity index (χ0n) is 15.7. The van der Waals surface area contributed by atoms with Gasteiger partial charge in [-0.15, -0.1) is 6.58 Å². The molecule has 0 atom stereocenters. The Kier molecular flexibility index (Phi) is 5.68. The molecule has 0 fully saturated rings. The standard InChI is InChI=1S/C21H30OSi2/c1-7-21(19-14-10-8-11-15-19,20-16-12-9-13-17-20)18-24(5,6)22-23(2,3)4/h7-17H,1,18H2,2-6H3. The molecule has 1 nitrogen and oxygen atoms in total. The summed E-state index contributed by atoms with van der Waals surface area (Å²) in [7, 11) is -3.45. The van der Waals surface area contributed by atoms with Gasteiger partial charge in [0, 0.05) is 5.41 Å². The highest BCUT2D eigenvalue weighted by molar-refractivity contribution is 6.84. The second-order valence-electron chi connectivity index (χ2n) is 8.06. The quantitative estimate of drug-likeness (QED) is 0.424. The van der Waals surface area contributed by atoms with Crippen LogP contribution < -0.4 is 0 Å². The lowest BCUT2D eigenvalue weighted by Gasteiger charge is -2.40. The summed E-state index contributed by atoms with van der Waals surface area (Å²) in [6.45, 7) is 15.8. The van der Waals surface area contributed by atoms with Gasteiger partial charge in [-0.1, -0.05) is 66.7 Å². The van der Waals surface area contributed by atoms with Gasteiger partial charge in [0.15, 0.2) is 16.6 Å². The zero-order valence-corrected chi connectivity index (χ0v) is 17.7. The molecule has 0 radical (unpaired) electrons. The molecule has 2 rings (SSSR count). The fourth-order valence-corrected chi connectivity index (χ4v) is 12.5. The van der Waals surface area contributed by atoms with Gasteiger partial charge in [-0.05, 0) is 49.9 Å². The molecule has 24 heavy (non-hydrogen) atoms. The molecule has 0 saturated heterocycles. The maximum atomic E-state index is 6.66. The second kappa shape index (κ2) is 7.22. The van der Waals surface area contributed by atoms with Gasteiger partial charge >= 0.3 is 0 Å². The number of benzene rings is 2. The predicted octanol–water partition coefficient (Wildman–Crippen LogP) is 6.22. The smallest absolute Gasteiger partial charge is 0.174 e. The number of allylic oxidation sites excluding steroid dienone is 1. The number of rotatable bonds is 7. The molecule has 0 spiro atoms. The molecule has 0 aliphatic carbocycles. The van der Waals surface area contributed by atoms with Gasteiger partial charge in [0.05, 0.1) is 0 Å². The zero-order chi connectivity index (χ0) is 17.8. The lowest BCUT2D eigenvalue weighted by Crippen LogP contribution is -2.46. The minimum atomic E-state index is -1.87. The first-order chi connectivity index (χ1) is 11.2. The second-order valence-corrected chi connectivity index (χ2v) is 17.0. The van der Waals surface area contributed by atoms with E-state index >= 15 is 0 Å². The molecule has 0 aliphatic rings. The largest absolute Gasteiger partial charge is 0.456 e. The third-order valence-corrected chi connectivity index (χ3v) is 10.3. The maximum Gasteiger partial charge on any atom is 0.174 e. The first-order valence-corrected chi connectivity index (χ1v) is 15.2. The van der Waals surface area contributed by atoms with Crippen LogP contribution in [0.5, 0.6) is 0 Å². The predicted molar refractivity (Wildman–Crippen MR) is 111 cm³/mol. The van der Waals surface area contributed by atoms with Crippen molar-refractivity contribution in [3.05, 3.63) is 84.4 Å². The van der Waals surface area contributed by atoms with E-state index in [1.54, 1.807) is 0 Å². The van der Waals surface area contributed by atoms with Gasteiger partial charge in [0.25, 0.3) is 0 Å². The fourth-order valence-electron chi connectivity index (χ4n) is 3.69. The van der Waals surface area contributed by atoms with Gasteiger partial charge in [-0.3, -0.25) is 0 Å². The summed E-state index contributed by atoms with van der Waals surface area (Å²) in [6.07, 6.45) is 2.12. The lowest BCUT2D eigenvalue weighted by atomic mass is 9.76. The van der Waals surface area contributed by atoms with E-state index in [-0.39, 0.29) is 5.41 Å². The SMILES string of the molecule is C=CC(C[Si](C)(C)O[Si](C)(C)C)(c1ccccc1)c1ccccc1. The summed E-state index contributed by atoms with van der Waals surface area (Å²) in [5, 5.41) is 0. The van der Waals surface area contributed by atoms with Crippen molar-refractivity contribution in [2.45, 2.75) is 44.2 Å². The summed E-state index contributed by atoms with van der Waals surface area (Å²) >= 11 is 0. The van der Waals surface area contributed by atoms with Crippen LogP contribution in [0.4, 0.5) is 0 Å². The van der Waals surface area contributed by atoms with E-state index < -0.39 is 16.6 Å². The fraction of sp³-hybridized carbons (Fsp3) is 0.333. The molecular weight excluding hydrogens is 324 g/mol. The Morgan fingerprint density at radius 3 is 1.58 bits per heavy atom. The highest BCUT2D eigenvalue weighted by Gasteiger charge is 2.41. The molecule has 0 amide bonds. The molecule has 0 aromatic heterocycles. The van der Waals surface area contributed by atoms with E-state index in [2.05, 4.69) is 106 Å². The Morgan fingerprint density at radius 1 is 0.833 bits per heavy atom. The third kappa shape index (κ3) is 4.56. The molecule has 128 valence electrons. The van der Waals surface area contributed by atoms with Crippen LogP contribution in [0.3, 0.4) is 0 Å². The molecule has 3 heteroatoms. The normalized spacial score (nSPS) is 12.9. The Bertz CT molecular complexity index is 618. The number of hydrogen-bond acceptors (Lipinski definition) is 1. The van der Waals surface area contributed by atoms with Crippen LogP contribution in [0.15, 0.2) is 73.3 Å². The minimum absolute atomic E-state index is 0.197. The van der Waals surface area contributed by atoms with Gasteiger partial charge in [0.2, 0.25) is 0 Å². The van der Waals surface area contributed by atoms with E-state index in [4.69, 9.17) is 4.12 Å². The van der Waals surface area contributed by atoms with Crippen LogP contribution in [0, 0.1) is 0 Å². The molecule has 0 N–H and O–H groups in total. The summed E-state index contributed by atoms with van der Waals surface area (Å²) in [5.41, 5.74) is 2.40. The lowest BCUT2D eigenvalue weighted by molar-refractivity contribution is 0.527. The summed E-state index contributed by atoms with van der Waals surface area (Å²) < 4.78 is 6.66. The van der Waals surface area contributed by atoms with Crippen LogP contribution in [0.2, 0.25) is 38.8 Å². The van der Waals surface area contributed by atoms with Crippen LogP contribution >= 0.6 is 0 Å². The molecule has 2 aromatic carbocycles. The average molecular weight is 355 g/mol. The van der Waals surface area contributed by atoms with Crippen molar-refractivity contribution in [2.75, 3.05) is 0 Å². The van der Waals surface area contributed by atoms with Crippen LogP contribution in [0.1, 0.15) is 11.1 Å². The van der Waals surface area contributed by atoms with E-state index in [1.165, 1.54) is 11.1 Å². The van der Waals surface area contributed by atoms with Gasteiger partial charge in [0.1, 0.15) is 0 Å². The van der Waals surface area contributed by atoms with Gasteiger partial charge < -0.3 is 4.12 Å².